The van der Waals surface area contributed by atoms with Crippen molar-refractivity contribution < 1.29 is 0 Å². The predicted molar refractivity (Wildman–Crippen MR) is 86.8 cm³/mol. The number of nitriles is 1. The summed E-state index contributed by atoms with van der Waals surface area (Å²) in [5, 5.41) is 8.97. The van der Waals surface area contributed by atoms with E-state index >= 15 is 0 Å². The topological polar surface area (TPSA) is 27.0 Å². The van der Waals surface area contributed by atoms with E-state index in [4.69, 9.17) is 5.26 Å². The molecule has 0 unspecified atom stereocenters. The van der Waals surface area contributed by atoms with E-state index in [9.17, 15) is 0 Å². The Hall–Kier alpha value is -2.37. The molecular formula is C19H20N2. The Morgan fingerprint density at radius 3 is 2.52 bits per heavy atom. The average molecular weight is 276 g/mol. The van der Waals surface area contributed by atoms with Crippen molar-refractivity contribution in [2.24, 2.45) is 0 Å². The molecule has 0 bridgehead atoms. The van der Waals surface area contributed by atoms with Gasteiger partial charge in [0.15, 0.2) is 0 Å². The maximum atomic E-state index is 8.97. The van der Waals surface area contributed by atoms with E-state index in [-0.39, 0.29) is 0 Å². The first-order valence-electron chi connectivity index (χ1n) is 7.18. The molecule has 0 radical (unpaired) electrons. The zero-order valence-corrected chi connectivity index (χ0v) is 12.2. The molecule has 0 N–H and O–H groups in total. The highest BCUT2D eigenvalue weighted by Crippen LogP contribution is 2.09. The van der Waals surface area contributed by atoms with Gasteiger partial charge in [-0.25, -0.2) is 0 Å². The summed E-state index contributed by atoms with van der Waals surface area (Å²) in [6, 6.07) is 20.5. The first-order valence-corrected chi connectivity index (χ1v) is 7.18. The van der Waals surface area contributed by atoms with Crippen LogP contribution in [0.25, 0.3) is 0 Å². The van der Waals surface area contributed by atoms with Crippen LogP contribution in [0.5, 0.6) is 0 Å². The van der Waals surface area contributed by atoms with Crippen molar-refractivity contribution in [3.63, 3.8) is 0 Å². The monoisotopic (exact) mass is 276 g/mol. The van der Waals surface area contributed by atoms with Gasteiger partial charge < -0.3 is 0 Å². The van der Waals surface area contributed by atoms with Gasteiger partial charge in [0.05, 0.1) is 11.6 Å². The molecule has 0 atom stereocenters. The Morgan fingerprint density at radius 2 is 1.81 bits per heavy atom. The molecule has 2 aromatic rings. The SMILES string of the molecule is C=CCN(CCc1ccccc1)Cc1cccc(C#N)c1. The molecule has 0 fully saturated rings. The fourth-order valence-electron chi connectivity index (χ4n) is 2.35. The number of benzene rings is 2. The third kappa shape index (κ3) is 4.91. The molecule has 0 amide bonds. The summed E-state index contributed by atoms with van der Waals surface area (Å²) in [7, 11) is 0. The molecule has 21 heavy (non-hydrogen) atoms. The van der Waals surface area contributed by atoms with E-state index in [1.165, 1.54) is 11.1 Å². The molecule has 2 aromatic carbocycles. The lowest BCUT2D eigenvalue weighted by Gasteiger charge is -2.21. The number of hydrogen-bond donors (Lipinski definition) is 0. The first-order chi connectivity index (χ1) is 10.3. The summed E-state index contributed by atoms with van der Waals surface area (Å²) >= 11 is 0. The Morgan fingerprint density at radius 1 is 1.05 bits per heavy atom. The summed E-state index contributed by atoms with van der Waals surface area (Å²) in [5.74, 6) is 0. The molecule has 2 rings (SSSR count). The summed E-state index contributed by atoms with van der Waals surface area (Å²) in [4.78, 5) is 2.34. The normalized spacial score (nSPS) is 10.3. The van der Waals surface area contributed by atoms with E-state index in [1.54, 1.807) is 0 Å². The second-order valence-corrected chi connectivity index (χ2v) is 5.07. The van der Waals surface area contributed by atoms with Crippen LogP contribution in [-0.4, -0.2) is 18.0 Å². The van der Waals surface area contributed by atoms with E-state index in [0.717, 1.165) is 26.1 Å². The summed E-state index contributed by atoms with van der Waals surface area (Å²) in [6.07, 6.45) is 2.95. The van der Waals surface area contributed by atoms with Gasteiger partial charge in [0.25, 0.3) is 0 Å². The Kier molecular flexibility index (Phi) is 5.75. The Labute approximate surface area is 127 Å². The van der Waals surface area contributed by atoms with Gasteiger partial charge in [-0.05, 0) is 29.7 Å². The molecule has 0 aromatic heterocycles. The fraction of sp³-hybridized carbons (Fsp3) is 0.211. The predicted octanol–water partition coefficient (Wildman–Crippen LogP) is 3.79. The molecule has 106 valence electrons. The smallest absolute Gasteiger partial charge is 0.0991 e. The van der Waals surface area contributed by atoms with E-state index in [2.05, 4.69) is 47.9 Å². The van der Waals surface area contributed by atoms with Crippen molar-refractivity contribution in [3.05, 3.63) is 83.9 Å². The molecule has 2 nitrogen and oxygen atoms in total. The molecule has 0 aliphatic carbocycles. The Bertz CT molecular complexity index is 611. The third-order valence-corrected chi connectivity index (χ3v) is 3.41. The van der Waals surface area contributed by atoms with E-state index in [1.807, 2.05) is 30.3 Å². The van der Waals surface area contributed by atoms with Crippen molar-refractivity contribution in [2.45, 2.75) is 13.0 Å². The summed E-state index contributed by atoms with van der Waals surface area (Å²) in [5.41, 5.74) is 3.23. The van der Waals surface area contributed by atoms with Crippen LogP contribution in [0.15, 0.2) is 67.3 Å². The highest BCUT2D eigenvalue weighted by Gasteiger charge is 2.05. The standard InChI is InChI=1S/C19H20N2/c1-2-12-21(13-11-17-7-4-3-5-8-17)16-19-10-6-9-18(14-19)15-20/h2-10,14H,1,11-13,16H2. The van der Waals surface area contributed by atoms with Gasteiger partial charge in [-0.15, -0.1) is 6.58 Å². The lowest BCUT2D eigenvalue weighted by molar-refractivity contribution is 0.298. The Balaban J connectivity index is 1.98. The molecule has 0 aliphatic rings. The van der Waals surface area contributed by atoms with Crippen molar-refractivity contribution in [1.29, 1.82) is 5.26 Å². The molecule has 0 spiro atoms. The second kappa shape index (κ2) is 8.04. The zero-order valence-electron chi connectivity index (χ0n) is 12.2. The van der Waals surface area contributed by atoms with Crippen LogP contribution in [0.3, 0.4) is 0 Å². The molecular weight excluding hydrogens is 256 g/mol. The van der Waals surface area contributed by atoms with Gasteiger partial charge in [0.2, 0.25) is 0 Å². The van der Waals surface area contributed by atoms with Crippen LogP contribution in [0.1, 0.15) is 16.7 Å². The molecule has 0 heterocycles. The summed E-state index contributed by atoms with van der Waals surface area (Å²) < 4.78 is 0. The zero-order chi connectivity index (χ0) is 14.9. The van der Waals surface area contributed by atoms with Gasteiger partial charge >= 0.3 is 0 Å². The first kappa shape index (κ1) is 15.0. The van der Waals surface area contributed by atoms with Crippen molar-refractivity contribution in [1.82, 2.24) is 4.90 Å². The molecule has 0 saturated heterocycles. The maximum Gasteiger partial charge on any atom is 0.0991 e. The van der Waals surface area contributed by atoms with Crippen molar-refractivity contribution in [2.75, 3.05) is 13.1 Å². The van der Waals surface area contributed by atoms with Gasteiger partial charge in [-0.1, -0.05) is 48.5 Å². The lowest BCUT2D eigenvalue weighted by atomic mass is 10.1. The minimum Gasteiger partial charge on any atom is -0.295 e. The molecule has 0 aliphatic heterocycles. The van der Waals surface area contributed by atoms with Gasteiger partial charge in [0, 0.05) is 19.6 Å². The fourth-order valence-corrected chi connectivity index (χ4v) is 2.35. The number of rotatable bonds is 7. The minimum absolute atomic E-state index is 0.717. The molecule has 2 heteroatoms. The van der Waals surface area contributed by atoms with Gasteiger partial charge in [0.1, 0.15) is 0 Å². The van der Waals surface area contributed by atoms with Crippen molar-refractivity contribution in [3.8, 4) is 6.07 Å². The van der Waals surface area contributed by atoms with Gasteiger partial charge in [-0.2, -0.15) is 5.26 Å². The van der Waals surface area contributed by atoms with Gasteiger partial charge in [-0.3, -0.25) is 4.90 Å². The highest BCUT2D eigenvalue weighted by atomic mass is 15.1. The number of hydrogen-bond acceptors (Lipinski definition) is 2. The van der Waals surface area contributed by atoms with E-state index < -0.39 is 0 Å². The summed E-state index contributed by atoms with van der Waals surface area (Å²) in [6.45, 7) is 6.51. The minimum atomic E-state index is 0.717. The van der Waals surface area contributed by atoms with Crippen LogP contribution in [0, 0.1) is 11.3 Å². The van der Waals surface area contributed by atoms with Crippen LogP contribution in [0.2, 0.25) is 0 Å². The maximum absolute atomic E-state index is 8.97. The van der Waals surface area contributed by atoms with Crippen LogP contribution in [0.4, 0.5) is 0 Å². The lowest BCUT2D eigenvalue weighted by Crippen LogP contribution is -2.25. The van der Waals surface area contributed by atoms with Crippen LogP contribution in [-0.2, 0) is 13.0 Å². The largest absolute Gasteiger partial charge is 0.295 e. The van der Waals surface area contributed by atoms with Crippen molar-refractivity contribution >= 4 is 0 Å². The number of nitrogens with zero attached hydrogens (tertiary/aromatic N) is 2. The van der Waals surface area contributed by atoms with Crippen LogP contribution >= 0.6 is 0 Å². The second-order valence-electron chi connectivity index (χ2n) is 5.07. The van der Waals surface area contributed by atoms with Crippen LogP contribution < -0.4 is 0 Å². The quantitative estimate of drug-likeness (QED) is 0.719. The highest BCUT2D eigenvalue weighted by molar-refractivity contribution is 5.32. The average Bonchev–Trinajstić information content (AvgIpc) is 2.54. The molecule has 0 saturated carbocycles. The third-order valence-electron chi connectivity index (χ3n) is 3.41. The van der Waals surface area contributed by atoms with E-state index in [0.29, 0.717) is 5.56 Å².